The molecule has 2 aromatic rings. The van der Waals surface area contributed by atoms with E-state index in [1.54, 1.807) is 18.4 Å². The van der Waals surface area contributed by atoms with Gasteiger partial charge in [0.1, 0.15) is 10.7 Å². The van der Waals surface area contributed by atoms with Gasteiger partial charge in [-0.05, 0) is 31.7 Å². The fourth-order valence-corrected chi connectivity index (χ4v) is 3.15. The summed E-state index contributed by atoms with van der Waals surface area (Å²) in [6, 6.07) is 5.95. The molecule has 0 bridgehead atoms. The average Bonchev–Trinajstić information content (AvgIpc) is 2.84. The van der Waals surface area contributed by atoms with Gasteiger partial charge in [0.25, 0.3) is 0 Å². The summed E-state index contributed by atoms with van der Waals surface area (Å²) in [6.07, 6.45) is 0. The van der Waals surface area contributed by atoms with Crippen LogP contribution in [0.2, 0.25) is 0 Å². The van der Waals surface area contributed by atoms with Gasteiger partial charge >= 0.3 is 0 Å². The lowest BCUT2D eigenvalue weighted by Gasteiger charge is -2.17. The molecule has 1 aromatic carbocycles. The lowest BCUT2D eigenvalue weighted by atomic mass is 10.1. The minimum absolute atomic E-state index is 0.356. The van der Waals surface area contributed by atoms with Gasteiger partial charge in [0.2, 0.25) is 0 Å². The highest BCUT2D eigenvalue weighted by Crippen LogP contribution is 2.21. The molecule has 4 nitrogen and oxygen atoms in total. The fraction of sp³-hybridized carbons (Fsp3) is 0.333. The number of nitrogens with two attached hydrogens (primary N) is 1. The average molecular weight is 321 g/mol. The summed E-state index contributed by atoms with van der Waals surface area (Å²) in [5.74, 6) is 0.715. The van der Waals surface area contributed by atoms with Gasteiger partial charge in [0.15, 0.2) is 0 Å². The highest BCUT2D eigenvalue weighted by Gasteiger charge is 2.10. The van der Waals surface area contributed by atoms with Crippen molar-refractivity contribution in [1.82, 2.24) is 9.88 Å². The van der Waals surface area contributed by atoms with E-state index in [-0.39, 0.29) is 0 Å². The number of methoxy groups -OCH3 is 1. The fourth-order valence-electron chi connectivity index (χ4n) is 2.14. The van der Waals surface area contributed by atoms with Crippen molar-refractivity contribution < 1.29 is 4.74 Å². The maximum Gasteiger partial charge on any atom is 0.129 e. The van der Waals surface area contributed by atoms with E-state index in [0.717, 1.165) is 29.9 Å². The van der Waals surface area contributed by atoms with Gasteiger partial charge in [-0.1, -0.05) is 18.3 Å². The highest BCUT2D eigenvalue weighted by molar-refractivity contribution is 7.80. The number of hydrogen-bond donors (Lipinski definition) is 1. The number of aryl methyl sites for hydroxylation is 1. The number of rotatable bonds is 6. The summed E-state index contributed by atoms with van der Waals surface area (Å²) < 4.78 is 5.28. The molecular formula is C15H19N3OS2. The molecule has 0 fully saturated rings. The van der Waals surface area contributed by atoms with Crippen LogP contribution < -0.4 is 10.5 Å². The normalized spacial score (nSPS) is 10.9. The summed E-state index contributed by atoms with van der Waals surface area (Å²) in [4.78, 5) is 8.17. The van der Waals surface area contributed by atoms with Crippen LogP contribution in [0, 0.1) is 6.92 Å². The van der Waals surface area contributed by atoms with Crippen LogP contribution in [0.25, 0.3) is 0 Å². The van der Waals surface area contributed by atoms with Gasteiger partial charge in [-0.25, -0.2) is 4.98 Å². The Hall–Kier alpha value is -1.50. The SMILES string of the molecule is COc1ccc(CN(C)Cc2scnc2C)cc1C(N)=S. The Labute approximate surface area is 134 Å². The molecule has 21 heavy (non-hydrogen) atoms. The Morgan fingerprint density at radius 2 is 2.19 bits per heavy atom. The van der Waals surface area contributed by atoms with E-state index < -0.39 is 0 Å². The van der Waals surface area contributed by atoms with Gasteiger partial charge in [-0.2, -0.15) is 0 Å². The van der Waals surface area contributed by atoms with Crippen LogP contribution >= 0.6 is 23.6 Å². The molecule has 0 saturated heterocycles. The lowest BCUT2D eigenvalue weighted by Crippen LogP contribution is -2.18. The van der Waals surface area contributed by atoms with Gasteiger partial charge in [0, 0.05) is 18.0 Å². The van der Waals surface area contributed by atoms with E-state index in [9.17, 15) is 0 Å². The van der Waals surface area contributed by atoms with Crippen LogP contribution in [0.5, 0.6) is 5.75 Å². The molecule has 2 rings (SSSR count). The first-order chi connectivity index (χ1) is 10.0. The van der Waals surface area contributed by atoms with Crippen LogP contribution in [0.4, 0.5) is 0 Å². The van der Waals surface area contributed by atoms with Crippen molar-refractivity contribution in [3.63, 3.8) is 0 Å². The van der Waals surface area contributed by atoms with Crippen molar-refractivity contribution in [2.45, 2.75) is 20.0 Å². The number of nitrogens with zero attached hydrogens (tertiary/aromatic N) is 2. The summed E-state index contributed by atoms with van der Waals surface area (Å²) in [5, 5.41) is 0. The third-order valence-electron chi connectivity index (χ3n) is 3.24. The first kappa shape index (κ1) is 15.9. The Balaban J connectivity index is 2.10. The van der Waals surface area contributed by atoms with Gasteiger partial charge < -0.3 is 10.5 Å². The smallest absolute Gasteiger partial charge is 0.129 e. The third kappa shape index (κ3) is 4.00. The third-order valence-corrected chi connectivity index (χ3v) is 4.38. The van der Waals surface area contributed by atoms with Crippen LogP contribution in [-0.2, 0) is 13.1 Å². The molecule has 0 spiro atoms. The van der Waals surface area contributed by atoms with Crippen LogP contribution in [0.1, 0.15) is 21.7 Å². The zero-order chi connectivity index (χ0) is 15.4. The standard InChI is InChI=1S/C15H19N3OS2/c1-10-14(21-9-17-10)8-18(2)7-11-4-5-13(19-3)12(6-11)15(16)20/h4-6,9H,7-8H2,1-3H3,(H2,16,20). The van der Waals surface area contributed by atoms with Crippen LogP contribution in [0.15, 0.2) is 23.7 Å². The predicted octanol–water partition coefficient (Wildman–Crippen LogP) is 2.73. The van der Waals surface area contributed by atoms with Crippen molar-refractivity contribution in [1.29, 1.82) is 0 Å². The molecule has 1 aromatic heterocycles. The topological polar surface area (TPSA) is 51.4 Å². The predicted molar refractivity (Wildman–Crippen MR) is 90.9 cm³/mol. The van der Waals surface area contributed by atoms with Crippen molar-refractivity contribution in [3.8, 4) is 5.75 Å². The molecular weight excluding hydrogens is 302 g/mol. The summed E-state index contributed by atoms with van der Waals surface area (Å²) in [7, 11) is 3.71. The van der Waals surface area contributed by atoms with Gasteiger partial charge in [-0.15, -0.1) is 11.3 Å². The molecule has 0 aliphatic rings. The Bertz CT molecular complexity index is 640. The number of aromatic nitrogens is 1. The molecule has 0 amide bonds. The number of thiocarbonyl (C=S) groups is 1. The van der Waals surface area contributed by atoms with E-state index in [4.69, 9.17) is 22.7 Å². The monoisotopic (exact) mass is 321 g/mol. The molecule has 0 aliphatic carbocycles. The highest BCUT2D eigenvalue weighted by atomic mass is 32.1. The van der Waals surface area contributed by atoms with Gasteiger partial charge in [-0.3, -0.25) is 4.90 Å². The van der Waals surface area contributed by atoms with E-state index >= 15 is 0 Å². The molecule has 0 saturated carbocycles. The number of benzene rings is 1. The number of hydrogen-bond acceptors (Lipinski definition) is 5. The van der Waals surface area contributed by atoms with Crippen LogP contribution in [0.3, 0.4) is 0 Å². The maximum atomic E-state index is 5.75. The Kier molecular flexibility index (Phi) is 5.27. The minimum atomic E-state index is 0.356. The van der Waals surface area contributed by atoms with Crippen molar-refractivity contribution in [2.24, 2.45) is 5.73 Å². The van der Waals surface area contributed by atoms with Crippen LogP contribution in [-0.4, -0.2) is 29.0 Å². The first-order valence-electron chi connectivity index (χ1n) is 6.55. The maximum absolute atomic E-state index is 5.75. The quantitative estimate of drug-likeness (QED) is 0.829. The zero-order valence-electron chi connectivity index (χ0n) is 12.4. The molecule has 1 heterocycles. The summed E-state index contributed by atoms with van der Waals surface area (Å²) >= 11 is 6.77. The molecule has 2 N–H and O–H groups in total. The van der Waals surface area contributed by atoms with Crippen molar-refractivity contribution in [2.75, 3.05) is 14.2 Å². The first-order valence-corrected chi connectivity index (χ1v) is 7.84. The molecule has 0 unspecified atom stereocenters. The minimum Gasteiger partial charge on any atom is -0.496 e. The zero-order valence-corrected chi connectivity index (χ0v) is 14.1. The summed E-state index contributed by atoms with van der Waals surface area (Å²) in [6.45, 7) is 3.74. The second kappa shape index (κ2) is 6.98. The molecule has 6 heteroatoms. The molecule has 0 atom stereocenters. The molecule has 112 valence electrons. The van der Waals surface area contributed by atoms with Crippen molar-refractivity contribution in [3.05, 3.63) is 45.4 Å². The van der Waals surface area contributed by atoms with E-state index in [1.807, 2.05) is 30.6 Å². The Morgan fingerprint density at radius 1 is 1.43 bits per heavy atom. The van der Waals surface area contributed by atoms with E-state index in [2.05, 4.69) is 16.9 Å². The largest absolute Gasteiger partial charge is 0.496 e. The summed E-state index contributed by atoms with van der Waals surface area (Å²) in [5.41, 5.74) is 10.7. The second-order valence-electron chi connectivity index (χ2n) is 4.93. The van der Waals surface area contributed by atoms with E-state index in [0.29, 0.717) is 10.7 Å². The van der Waals surface area contributed by atoms with E-state index in [1.165, 1.54) is 4.88 Å². The number of ether oxygens (including phenoxy) is 1. The Morgan fingerprint density at radius 3 is 2.76 bits per heavy atom. The van der Waals surface area contributed by atoms with Gasteiger partial charge in [0.05, 0.1) is 23.9 Å². The second-order valence-corrected chi connectivity index (χ2v) is 6.31. The number of thiazole rings is 1. The lowest BCUT2D eigenvalue weighted by molar-refractivity contribution is 0.321. The molecule has 0 radical (unpaired) electrons. The molecule has 0 aliphatic heterocycles. The van der Waals surface area contributed by atoms with Crippen molar-refractivity contribution >= 4 is 28.5 Å².